The summed E-state index contributed by atoms with van der Waals surface area (Å²) in [5.74, 6) is 0. The number of para-hydroxylation sites is 4. The van der Waals surface area contributed by atoms with E-state index in [9.17, 15) is 10.5 Å². The fourth-order valence-electron chi connectivity index (χ4n) is 11.7. The molecular formula is C64H32N8O. The van der Waals surface area contributed by atoms with Crippen LogP contribution < -0.4 is 0 Å². The van der Waals surface area contributed by atoms with E-state index in [1.807, 2.05) is 115 Å². The quantitative estimate of drug-likeness (QED) is 0.165. The second kappa shape index (κ2) is 14.8. The third-order valence-electron chi connectivity index (χ3n) is 14.8. The van der Waals surface area contributed by atoms with Crippen LogP contribution in [-0.2, 0) is 0 Å². The number of hydrogen-bond donors (Lipinski definition) is 0. The summed E-state index contributed by atoms with van der Waals surface area (Å²) in [6.07, 6.45) is 0. The molecule has 0 spiro atoms. The Labute approximate surface area is 414 Å². The highest BCUT2D eigenvalue weighted by molar-refractivity contribution is 6.18. The molecule has 0 saturated carbocycles. The highest BCUT2D eigenvalue weighted by Crippen LogP contribution is 2.46. The van der Waals surface area contributed by atoms with E-state index >= 15 is 0 Å². The van der Waals surface area contributed by atoms with Crippen molar-refractivity contribution in [2.24, 2.45) is 0 Å². The van der Waals surface area contributed by atoms with Crippen LogP contribution in [0.15, 0.2) is 199 Å². The average Bonchev–Trinajstić information content (AvgIpc) is 4.25. The maximum absolute atomic E-state index is 10.1. The summed E-state index contributed by atoms with van der Waals surface area (Å²) in [7, 11) is 0. The molecule has 5 heterocycles. The number of nitriles is 2. The standard InChI is InChI=1S/C64H32N8O/c1-67-39-21-25-58-49(29-39)45-13-4-8-16-54(45)70(58)42-32-52-51-31-41(69-53-15-7-3-11-43(53)47-27-37(35-65)19-23-57(47)69)33-61(71-55-17-9-5-12-44(55)48-28-38(36-66)20-24-59(48)71)63(51)73-64(52)62(34-42)72-56-18-10-6-14-46(56)50-30-40(68-2)22-26-60(50)72/h3-34H. The Hall–Kier alpha value is -10.8. The van der Waals surface area contributed by atoms with Crippen LogP contribution in [0.25, 0.3) is 142 Å². The van der Waals surface area contributed by atoms with Crippen molar-refractivity contribution in [3.8, 4) is 34.9 Å². The summed E-state index contributed by atoms with van der Waals surface area (Å²) in [5, 5.41) is 29.9. The van der Waals surface area contributed by atoms with Gasteiger partial charge >= 0.3 is 0 Å². The molecule has 9 nitrogen and oxygen atoms in total. The second-order valence-electron chi connectivity index (χ2n) is 18.5. The Bertz CT molecular complexity index is 4840. The van der Waals surface area contributed by atoms with Gasteiger partial charge in [-0.2, -0.15) is 10.5 Å². The van der Waals surface area contributed by atoms with Crippen molar-refractivity contribution in [3.05, 3.63) is 228 Å². The molecule has 0 aliphatic heterocycles. The normalized spacial score (nSPS) is 11.8. The van der Waals surface area contributed by atoms with Gasteiger partial charge in [-0.05, 0) is 120 Å². The lowest BCUT2D eigenvalue weighted by Gasteiger charge is -2.14. The third kappa shape index (κ3) is 5.51. The van der Waals surface area contributed by atoms with E-state index in [2.05, 4.69) is 119 Å². The first-order valence-electron chi connectivity index (χ1n) is 23.8. The third-order valence-corrected chi connectivity index (χ3v) is 14.8. The van der Waals surface area contributed by atoms with Crippen molar-refractivity contribution in [1.29, 1.82) is 10.5 Å². The Kier molecular flexibility index (Phi) is 8.15. The van der Waals surface area contributed by atoms with Crippen LogP contribution >= 0.6 is 0 Å². The first-order valence-corrected chi connectivity index (χ1v) is 23.8. The highest BCUT2D eigenvalue weighted by atomic mass is 16.3. The molecule has 9 heteroatoms. The number of fused-ring (bicyclic) bond motifs is 15. The van der Waals surface area contributed by atoms with Crippen molar-refractivity contribution in [2.45, 2.75) is 0 Å². The Balaban J connectivity index is 1.16. The van der Waals surface area contributed by atoms with Gasteiger partial charge in [0.1, 0.15) is 0 Å². The van der Waals surface area contributed by atoms with Gasteiger partial charge in [0.15, 0.2) is 22.5 Å². The largest absolute Gasteiger partial charge is 0.452 e. The first-order chi connectivity index (χ1) is 36.0. The second-order valence-corrected chi connectivity index (χ2v) is 18.5. The summed E-state index contributed by atoms with van der Waals surface area (Å²) in [5.41, 5.74) is 14.7. The number of rotatable bonds is 4. The molecule has 0 bridgehead atoms. The van der Waals surface area contributed by atoms with Gasteiger partial charge in [0.25, 0.3) is 0 Å². The van der Waals surface area contributed by atoms with Crippen LogP contribution in [-0.4, -0.2) is 18.3 Å². The lowest BCUT2D eigenvalue weighted by atomic mass is 10.1. The lowest BCUT2D eigenvalue weighted by Crippen LogP contribution is -2.00. The zero-order chi connectivity index (χ0) is 48.6. The molecule has 0 radical (unpaired) electrons. The highest BCUT2D eigenvalue weighted by Gasteiger charge is 2.26. The van der Waals surface area contributed by atoms with Gasteiger partial charge in [0, 0.05) is 54.5 Å². The van der Waals surface area contributed by atoms with Crippen LogP contribution in [0.1, 0.15) is 11.1 Å². The number of aromatic nitrogens is 4. The molecule has 0 atom stereocenters. The van der Waals surface area contributed by atoms with Crippen molar-refractivity contribution in [3.63, 3.8) is 0 Å². The molecule has 0 saturated heterocycles. The smallest absolute Gasteiger partial charge is 0.188 e. The Morgan fingerprint density at radius 3 is 1.04 bits per heavy atom. The molecular weight excluding hydrogens is 897 g/mol. The van der Waals surface area contributed by atoms with Crippen molar-refractivity contribution >= 4 is 121 Å². The van der Waals surface area contributed by atoms with Gasteiger partial charge in [-0.1, -0.05) is 84.9 Å². The fraction of sp³-hybridized carbons (Fsp3) is 0. The average molecular weight is 929 g/mol. The van der Waals surface area contributed by atoms with Gasteiger partial charge in [0.2, 0.25) is 0 Å². The number of hydrogen-bond acceptors (Lipinski definition) is 3. The van der Waals surface area contributed by atoms with E-state index in [1.165, 1.54) is 0 Å². The summed E-state index contributed by atoms with van der Waals surface area (Å²) < 4.78 is 16.7. The molecule has 334 valence electrons. The Morgan fingerprint density at radius 1 is 0.329 bits per heavy atom. The molecule has 0 unspecified atom stereocenters. The van der Waals surface area contributed by atoms with Crippen LogP contribution in [0, 0.1) is 35.8 Å². The summed E-state index contributed by atoms with van der Waals surface area (Å²) in [6.45, 7) is 15.9. The van der Waals surface area contributed by atoms with E-state index in [1.54, 1.807) is 0 Å². The molecule has 5 aromatic heterocycles. The summed E-state index contributed by atoms with van der Waals surface area (Å²) in [4.78, 5) is 7.66. The predicted octanol–water partition coefficient (Wildman–Crippen LogP) is 16.8. The van der Waals surface area contributed by atoms with Crippen molar-refractivity contribution < 1.29 is 4.42 Å². The molecule has 10 aromatic carbocycles. The maximum Gasteiger partial charge on any atom is 0.188 e. The van der Waals surface area contributed by atoms with E-state index in [0.717, 1.165) is 121 Å². The SMILES string of the molecule is [C-]#[N+]c1ccc2c(c1)c1ccccc1n2-c1cc(-n2c3ccccc3c3cc([N+]#[C-])ccc32)c2oc3c(-n4c5ccccc5c5cc(C#N)ccc54)cc(-n4c5ccccc5c5cc(C#N)ccc54)cc3c2c1. The van der Waals surface area contributed by atoms with Crippen LogP contribution in [0.5, 0.6) is 0 Å². The number of benzene rings is 10. The first kappa shape index (κ1) is 40.1. The van der Waals surface area contributed by atoms with Gasteiger partial charge in [-0.15, -0.1) is 0 Å². The molecule has 0 aliphatic carbocycles. The van der Waals surface area contributed by atoms with E-state index in [4.69, 9.17) is 17.6 Å². The molecule has 0 fully saturated rings. The molecule has 15 rings (SSSR count). The van der Waals surface area contributed by atoms with E-state index in [0.29, 0.717) is 33.7 Å². The van der Waals surface area contributed by atoms with Crippen LogP contribution in [0.4, 0.5) is 11.4 Å². The molecule has 0 amide bonds. The predicted molar refractivity (Wildman–Crippen MR) is 293 cm³/mol. The molecule has 73 heavy (non-hydrogen) atoms. The fourth-order valence-corrected chi connectivity index (χ4v) is 11.7. The van der Waals surface area contributed by atoms with Gasteiger partial charge < -0.3 is 22.7 Å². The summed E-state index contributed by atoms with van der Waals surface area (Å²) in [6, 6.07) is 70.4. The minimum Gasteiger partial charge on any atom is -0.452 e. The van der Waals surface area contributed by atoms with E-state index in [-0.39, 0.29) is 0 Å². The number of nitrogens with zero attached hydrogens (tertiary/aromatic N) is 8. The minimum absolute atomic E-state index is 0.557. The summed E-state index contributed by atoms with van der Waals surface area (Å²) >= 11 is 0. The molecule has 15 aromatic rings. The molecule has 0 N–H and O–H groups in total. The van der Waals surface area contributed by atoms with Crippen molar-refractivity contribution in [2.75, 3.05) is 0 Å². The van der Waals surface area contributed by atoms with E-state index < -0.39 is 0 Å². The topological polar surface area (TPSA) is 89.2 Å². The maximum atomic E-state index is 10.1. The zero-order valence-corrected chi connectivity index (χ0v) is 38.5. The monoisotopic (exact) mass is 928 g/mol. The van der Waals surface area contributed by atoms with Gasteiger partial charge in [-0.25, -0.2) is 9.69 Å². The van der Waals surface area contributed by atoms with Gasteiger partial charge in [-0.3, -0.25) is 0 Å². The number of furan rings is 1. The van der Waals surface area contributed by atoms with Gasteiger partial charge in [0.05, 0.1) is 91.9 Å². The van der Waals surface area contributed by atoms with Crippen molar-refractivity contribution in [1.82, 2.24) is 18.3 Å². The lowest BCUT2D eigenvalue weighted by molar-refractivity contribution is 0.663. The zero-order valence-electron chi connectivity index (χ0n) is 38.5. The van der Waals surface area contributed by atoms with Crippen LogP contribution in [0.3, 0.4) is 0 Å². The molecule has 0 aliphatic rings. The van der Waals surface area contributed by atoms with Crippen LogP contribution in [0.2, 0.25) is 0 Å². The Morgan fingerprint density at radius 2 is 0.658 bits per heavy atom. The minimum atomic E-state index is 0.557.